The van der Waals surface area contributed by atoms with E-state index in [1.807, 2.05) is 12.1 Å². The minimum Gasteiger partial charge on any atom is -0.279 e. The van der Waals surface area contributed by atoms with Gasteiger partial charge in [-0.3, -0.25) is 9.59 Å². The van der Waals surface area contributed by atoms with Gasteiger partial charge in [0.1, 0.15) is 0 Å². The van der Waals surface area contributed by atoms with Crippen molar-refractivity contribution in [3.8, 4) is 11.8 Å². The lowest BCUT2D eigenvalue weighted by atomic mass is 10.1. The van der Waals surface area contributed by atoms with Gasteiger partial charge >= 0.3 is 0 Å². The van der Waals surface area contributed by atoms with Crippen LogP contribution in [0.15, 0.2) is 73.1 Å². The van der Waals surface area contributed by atoms with Crippen LogP contribution in [0.3, 0.4) is 0 Å². The first-order valence-corrected chi connectivity index (χ1v) is 7.00. The third kappa shape index (κ3) is 3.42. The molecule has 0 N–H and O–H groups in total. The number of hydrogen-bond acceptors (Lipinski definition) is 3. The second kappa shape index (κ2) is 6.54. The summed E-state index contributed by atoms with van der Waals surface area (Å²) in [6.07, 6.45) is 2.98. The average molecular weight is 300 g/mol. The van der Waals surface area contributed by atoms with Crippen LogP contribution in [0, 0.1) is 11.8 Å². The average Bonchev–Trinajstić information content (AvgIpc) is 3.09. The minimum atomic E-state index is -0.271. The molecule has 0 spiro atoms. The summed E-state index contributed by atoms with van der Waals surface area (Å²) in [7, 11) is 0. The summed E-state index contributed by atoms with van der Waals surface area (Å²) >= 11 is 0. The molecule has 3 rings (SSSR count). The molecule has 0 bridgehead atoms. The zero-order chi connectivity index (χ0) is 16.1. The summed E-state index contributed by atoms with van der Waals surface area (Å²) in [5, 5.41) is 4.00. The van der Waals surface area contributed by atoms with Gasteiger partial charge in [-0.25, -0.2) is 4.68 Å². The van der Waals surface area contributed by atoms with E-state index in [0.29, 0.717) is 16.7 Å². The summed E-state index contributed by atoms with van der Waals surface area (Å²) in [5.74, 6) is 4.78. The maximum Gasteiger partial charge on any atom is 0.278 e. The topological polar surface area (TPSA) is 52.0 Å². The van der Waals surface area contributed by atoms with Gasteiger partial charge in [0, 0.05) is 17.3 Å². The normalized spacial score (nSPS) is 9.74. The van der Waals surface area contributed by atoms with E-state index in [1.54, 1.807) is 48.5 Å². The summed E-state index contributed by atoms with van der Waals surface area (Å²) in [6, 6.07) is 17.7. The van der Waals surface area contributed by atoms with Crippen molar-refractivity contribution >= 4 is 11.7 Å². The van der Waals surface area contributed by atoms with E-state index in [-0.39, 0.29) is 11.7 Å². The summed E-state index contributed by atoms with van der Waals surface area (Å²) in [4.78, 5) is 24.1. The Hall–Kier alpha value is -3.45. The zero-order valence-corrected chi connectivity index (χ0v) is 12.1. The van der Waals surface area contributed by atoms with Gasteiger partial charge in [-0.15, -0.1) is 0 Å². The lowest BCUT2D eigenvalue weighted by Gasteiger charge is -1.98. The molecule has 0 aliphatic carbocycles. The third-order valence-corrected chi connectivity index (χ3v) is 3.17. The highest BCUT2D eigenvalue weighted by molar-refractivity contribution is 6.09. The van der Waals surface area contributed by atoms with Gasteiger partial charge in [0.05, 0.1) is 11.8 Å². The van der Waals surface area contributed by atoms with E-state index in [1.165, 1.54) is 17.1 Å². The van der Waals surface area contributed by atoms with Crippen LogP contribution in [0.2, 0.25) is 0 Å². The number of benzene rings is 2. The van der Waals surface area contributed by atoms with Crippen LogP contribution < -0.4 is 0 Å². The van der Waals surface area contributed by atoms with Crippen molar-refractivity contribution in [2.24, 2.45) is 0 Å². The number of Topliss-reactive ketones (excluding diaryl/α,β-unsaturated/α-hetero) is 1. The summed E-state index contributed by atoms with van der Waals surface area (Å²) < 4.78 is 1.21. The Morgan fingerprint density at radius 1 is 0.870 bits per heavy atom. The molecular formula is C19H12N2O2. The number of rotatable bonds is 2. The van der Waals surface area contributed by atoms with Gasteiger partial charge in [0.25, 0.3) is 5.91 Å². The molecule has 0 fully saturated rings. The summed E-state index contributed by atoms with van der Waals surface area (Å²) in [6.45, 7) is 0. The maximum atomic E-state index is 12.2. The van der Waals surface area contributed by atoms with Gasteiger partial charge in [-0.05, 0) is 18.1 Å². The molecule has 0 unspecified atom stereocenters. The number of hydrogen-bond donors (Lipinski definition) is 0. The molecule has 0 aliphatic rings. The molecule has 3 aromatic rings. The van der Waals surface area contributed by atoms with Gasteiger partial charge in [0.15, 0.2) is 0 Å². The smallest absolute Gasteiger partial charge is 0.278 e. The third-order valence-electron chi connectivity index (χ3n) is 3.17. The fourth-order valence-electron chi connectivity index (χ4n) is 2.00. The number of carbonyl (C=O) groups excluding carboxylic acids is 2. The molecule has 0 atom stereocenters. The van der Waals surface area contributed by atoms with E-state index in [9.17, 15) is 9.59 Å². The molecule has 0 radical (unpaired) electrons. The van der Waals surface area contributed by atoms with Crippen molar-refractivity contribution in [1.82, 2.24) is 9.78 Å². The molecule has 0 saturated carbocycles. The van der Waals surface area contributed by atoms with Crippen molar-refractivity contribution in [2.45, 2.75) is 0 Å². The van der Waals surface area contributed by atoms with Crippen LogP contribution in [-0.2, 0) is 0 Å². The Labute approximate surface area is 133 Å². The molecule has 0 aliphatic heterocycles. The van der Waals surface area contributed by atoms with Crippen molar-refractivity contribution in [2.75, 3.05) is 0 Å². The van der Waals surface area contributed by atoms with Crippen LogP contribution in [0.1, 0.15) is 26.3 Å². The van der Waals surface area contributed by atoms with E-state index < -0.39 is 0 Å². The number of nitrogens with zero attached hydrogens (tertiary/aromatic N) is 2. The molecule has 0 saturated heterocycles. The zero-order valence-electron chi connectivity index (χ0n) is 12.1. The first-order valence-electron chi connectivity index (χ1n) is 7.00. The molecule has 4 heteroatoms. The lowest BCUT2D eigenvalue weighted by molar-refractivity contribution is 0.0944. The second-order valence-corrected chi connectivity index (χ2v) is 4.79. The SMILES string of the molecule is O=C(C#Cc1cnn(C(=O)c2ccccc2)c1)c1ccccc1. The van der Waals surface area contributed by atoms with Crippen LogP contribution >= 0.6 is 0 Å². The largest absolute Gasteiger partial charge is 0.279 e. The lowest BCUT2D eigenvalue weighted by Crippen LogP contribution is -2.11. The fraction of sp³-hybridized carbons (Fsp3) is 0. The van der Waals surface area contributed by atoms with Gasteiger partial charge in [-0.1, -0.05) is 54.5 Å². The van der Waals surface area contributed by atoms with E-state index in [0.717, 1.165) is 0 Å². The first kappa shape index (κ1) is 14.5. The van der Waals surface area contributed by atoms with Crippen molar-refractivity contribution in [3.63, 3.8) is 0 Å². The van der Waals surface area contributed by atoms with Crippen LogP contribution in [-0.4, -0.2) is 21.5 Å². The van der Waals surface area contributed by atoms with Crippen LogP contribution in [0.25, 0.3) is 0 Å². The molecule has 1 heterocycles. The van der Waals surface area contributed by atoms with Gasteiger partial charge in [-0.2, -0.15) is 5.10 Å². The highest BCUT2D eigenvalue weighted by Gasteiger charge is 2.08. The monoisotopic (exact) mass is 300 g/mol. The summed E-state index contributed by atoms with van der Waals surface area (Å²) in [5.41, 5.74) is 1.58. The quantitative estimate of drug-likeness (QED) is 0.540. The van der Waals surface area contributed by atoms with E-state index in [2.05, 4.69) is 16.9 Å². The van der Waals surface area contributed by atoms with Crippen LogP contribution in [0.4, 0.5) is 0 Å². The van der Waals surface area contributed by atoms with E-state index >= 15 is 0 Å². The van der Waals surface area contributed by atoms with Crippen molar-refractivity contribution in [3.05, 3.63) is 89.7 Å². The molecule has 110 valence electrons. The predicted octanol–water partition coefficient (Wildman–Crippen LogP) is 2.81. The van der Waals surface area contributed by atoms with E-state index in [4.69, 9.17) is 0 Å². The number of carbonyl (C=O) groups is 2. The highest BCUT2D eigenvalue weighted by Crippen LogP contribution is 2.04. The first-order chi connectivity index (χ1) is 11.2. The molecule has 2 aromatic carbocycles. The molecular weight excluding hydrogens is 288 g/mol. The Morgan fingerprint density at radius 3 is 2.13 bits per heavy atom. The predicted molar refractivity (Wildman–Crippen MR) is 86.0 cm³/mol. The molecule has 4 nitrogen and oxygen atoms in total. The minimum absolute atomic E-state index is 0.243. The Bertz CT molecular complexity index is 901. The van der Waals surface area contributed by atoms with Gasteiger partial charge < -0.3 is 0 Å². The Balaban J connectivity index is 1.77. The maximum absolute atomic E-state index is 12.2. The Kier molecular flexibility index (Phi) is 4.12. The molecule has 0 amide bonds. The van der Waals surface area contributed by atoms with Crippen LogP contribution in [0.5, 0.6) is 0 Å². The van der Waals surface area contributed by atoms with Gasteiger partial charge in [0.2, 0.25) is 5.78 Å². The number of aromatic nitrogens is 2. The molecule has 1 aromatic heterocycles. The second-order valence-electron chi connectivity index (χ2n) is 4.79. The standard InChI is InChI=1S/C19H12N2O2/c22-18(16-7-3-1-4-8-16)12-11-15-13-20-21(14-15)19(23)17-9-5-2-6-10-17/h1-10,13-14H. The van der Waals surface area contributed by atoms with Crippen molar-refractivity contribution in [1.29, 1.82) is 0 Å². The highest BCUT2D eigenvalue weighted by atomic mass is 16.2. The molecule has 23 heavy (non-hydrogen) atoms. The number of ketones is 1. The fourth-order valence-corrected chi connectivity index (χ4v) is 2.00. The Morgan fingerprint density at radius 2 is 1.48 bits per heavy atom. The van der Waals surface area contributed by atoms with Crippen molar-refractivity contribution < 1.29 is 9.59 Å².